The Morgan fingerprint density at radius 1 is 0.919 bits per heavy atom. The Labute approximate surface area is 215 Å². The van der Waals surface area contributed by atoms with Crippen molar-refractivity contribution in [3.05, 3.63) is 84.1 Å². The molecule has 1 aromatic heterocycles. The molecule has 0 bridgehead atoms. The molecule has 0 atom stereocenters. The summed E-state index contributed by atoms with van der Waals surface area (Å²) >= 11 is 0. The van der Waals surface area contributed by atoms with Crippen molar-refractivity contribution in [2.45, 2.75) is 38.0 Å². The van der Waals surface area contributed by atoms with Crippen molar-refractivity contribution in [2.24, 2.45) is 0 Å². The molecule has 190 valence electrons. The first kappa shape index (κ1) is 24.4. The molecule has 7 nitrogen and oxygen atoms in total. The van der Waals surface area contributed by atoms with Gasteiger partial charge in [-0.2, -0.15) is 0 Å². The van der Waals surface area contributed by atoms with E-state index in [1.54, 1.807) is 30.3 Å². The quantitative estimate of drug-likeness (QED) is 0.280. The lowest BCUT2D eigenvalue weighted by molar-refractivity contribution is -0.118. The van der Waals surface area contributed by atoms with Crippen LogP contribution in [0.1, 0.15) is 54.1 Å². The van der Waals surface area contributed by atoms with Crippen LogP contribution in [0.2, 0.25) is 0 Å². The third kappa shape index (κ3) is 5.94. The van der Waals surface area contributed by atoms with Crippen LogP contribution in [0.3, 0.4) is 0 Å². The molecule has 0 radical (unpaired) electrons. The van der Waals surface area contributed by atoms with Crippen LogP contribution in [0.5, 0.6) is 11.5 Å². The molecule has 0 unspecified atom stereocenters. The van der Waals surface area contributed by atoms with E-state index in [0.717, 1.165) is 5.39 Å². The molecule has 1 fully saturated rings. The van der Waals surface area contributed by atoms with Crippen LogP contribution < -0.4 is 20.1 Å². The average molecular weight is 499 g/mol. The third-order valence-electron chi connectivity index (χ3n) is 6.71. The predicted octanol–water partition coefficient (Wildman–Crippen LogP) is 6.76. The van der Waals surface area contributed by atoms with Gasteiger partial charge in [0.2, 0.25) is 0 Å². The Bertz CT molecular complexity index is 1350. The molecule has 7 heteroatoms. The highest BCUT2D eigenvalue weighted by Crippen LogP contribution is 2.33. The maximum atomic E-state index is 12.7. The van der Waals surface area contributed by atoms with Gasteiger partial charge in [-0.3, -0.25) is 9.59 Å². The highest BCUT2D eigenvalue weighted by atomic mass is 16.5. The smallest absolute Gasteiger partial charge is 0.291 e. The minimum Gasteiger partial charge on any atom is -0.494 e. The zero-order valence-electron chi connectivity index (χ0n) is 20.8. The number of amides is 2. The Morgan fingerprint density at radius 2 is 1.70 bits per heavy atom. The number of anilines is 2. The van der Waals surface area contributed by atoms with E-state index >= 15 is 0 Å². The Morgan fingerprint density at radius 3 is 2.46 bits per heavy atom. The number of carbonyl (C=O) groups is 2. The first-order chi connectivity index (χ1) is 18.1. The van der Waals surface area contributed by atoms with Crippen molar-refractivity contribution in [1.29, 1.82) is 0 Å². The van der Waals surface area contributed by atoms with Crippen molar-refractivity contribution in [3.63, 3.8) is 0 Å². The summed E-state index contributed by atoms with van der Waals surface area (Å²) in [5, 5.41) is 6.45. The molecule has 1 aliphatic carbocycles. The molecule has 2 N–H and O–H groups in total. The fraction of sp³-hybridized carbons (Fsp3) is 0.267. The minimum absolute atomic E-state index is 0.115. The van der Waals surface area contributed by atoms with Crippen LogP contribution in [0, 0.1) is 0 Å². The number of furan rings is 1. The number of rotatable bonds is 8. The standard InChI is InChI=1S/C30H30N2O5/c1-35-27-18-23(13-16-25(27)32-30(34)28-17-22-9-5-6-10-26(22)37-28)31-29(33)19-36-24-14-11-21(12-15-24)20-7-3-2-4-8-20/h5-6,9-18,20H,2-4,7-8,19H2,1H3,(H,31,33)(H,32,34). The lowest BCUT2D eigenvalue weighted by Gasteiger charge is -2.22. The van der Waals surface area contributed by atoms with E-state index in [-0.39, 0.29) is 18.3 Å². The molecule has 4 aromatic rings. The van der Waals surface area contributed by atoms with E-state index in [9.17, 15) is 9.59 Å². The predicted molar refractivity (Wildman–Crippen MR) is 144 cm³/mol. The van der Waals surface area contributed by atoms with Crippen molar-refractivity contribution in [2.75, 3.05) is 24.4 Å². The molecule has 1 saturated carbocycles. The number of methoxy groups -OCH3 is 1. The van der Waals surface area contributed by atoms with Gasteiger partial charge in [0.15, 0.2) is 12.4 Å². The van der Waals surface area contributed by atoms with Crippen LogP contribution in [0.4, 0.5) is 11.4 Å². The fourth-order valence-corrected chi connectivity index (χ4v) is 4.77. The number of benzene rings is 3. The number of nitrogens with one attached hydrogen (secondary N) is 2. The maximum absolute atomic E-state index is 12.7. The van der Waals surface area contributed by atoms with Crippen molar-refractivity contribution < 1.29 is 23.5 Å². The summed E-state index contributed by atoms with van der Waals surface area (Å²) in [6, 6.07) is 22.2. The number of hydrogen-bond acceptors (Lipinski definition) is 5. The van der Waals surface area contributed by atoms with Crippen LogP contribution >= 0.6 is 0 Å². The minimum atomic E-state index is -0.394. The van der Waals surface area contributed by atoms with E-state index in [1.807, 2.05) is 30.3 Å². The third-order valence-corrected chi connectivity index (χ3v) is 6.71. The van der Waals surface area contributed by atoms with E-state index < -0.39 is 5.91 Å². The lowest BCUT2D eigenvalue weighted by atomic mass is 9.84. The molecule has 2 amide bonds. The summed E-state index contributed by atoms with van der Waals surface area (Å²) in [6.07, 6.45) is 6.41. The van der Waals surface area contributed by atoms with Gasteiger partial charge < -0.3 is 24.5 Å². The van der Waals surface area contributed by atoms with E-state index in [2.05, 4.69) is 22.8 Å². The van der Waals surface area contributed by atoms with Gasteiger partial charge in [0.25, 0.3) is 11.8 Å². The second kappa shape index (κ2) is 11.2. The highest BCUT2D eigenvalue weighted by molar-refractivity contribution is 6.05. The van der Waals surface area contributed by atoms with Gasteiger partial charge in [-0.05, 0) is 60.7 Å². The molecule has 0 saturated heterocycles. The first-order valence-electron chi connectivity index (χ1n) is 12.6. The number of para-hydroxylation sites is 1. The lowest BCUT2D eigenvalue weighted by Crippen LogP contribution is -2.20. The fourth-order valence-electron chi connectivity index (χ4n) is 4.77. The summed E-state index contributed by atoms with van der Waals surface area (Å²) < 4.78 is 16.7. The van der Waals surface area contributed by atoms with E-state index in [4.69, 9.17) is 13.9 Å². The van der Waals surface area contributed by atoms with Crippen LogP contribution in [0.25, 0.3) is 11.0 Å². The Balaban J connectivity index is 1.16. The summed E-state index contributed by atoms with van der Waals surface area (Å²) in [5.41, 5.74) is 2.97. The molecule has 1 aliphatic rings. The average Bonchev–Trinajstić information content (AvgIpc) is 3.38. The molecule has 3 aromatic carbocycles. The second-order valence-electron chi connectivity index (χ2n) is 9.26. The highest BCUT2D eigenvalue weighted by Gasteiger charge is 2.17. The van der Waals surface area contributed by atoms with Gasteiger partial charge in [0.05, 0.1) is 12.8 Å². The van der Waals surface area contributed by atoms with Gasteiger partial charge in [-0.15, -0.1) is 0 Å². The van der Waals surface area contributed by atoms with Crippen LogP contribution in [-0.4, -0.2) is 25.5 Å². The van der Waals surface area contributed by atoms with E-state index in [0.29, 0.717) is 34.4 Å². The van der Waals surface area contributed by atoms with Crippen LogP contribution in [0.15, 0.2) is 77.2 Å². The maximum Gasteiger partial charge on any atom is 0.291 e. The summed E-state index contributed by atoms with van der Waals surface area (Å²) in [5.74, 6) is 1.21. The molecule has 37 heavy (non-hydrogen) atoms. The SMILES string of the molecule is COc1cc(NC(=O)COc2ccc(C3CCCCC3)cc2)ccc1NC(=O)c1cc2ccccc2o1. The summed E-state index contributed by atoms with van der Waals surface area (Å²) in [7, 11) is 1.50. The van der Waals surface area contributed by atoms with Crippen molar-refractivity contribution >= 4 is 34.2 Å². The molecule has 0 aliphatic heterocycles. The number of carbonyl (C=O) groups excluding carboxylic acids is 2. The molecular formula is C30H30N2O5. The Hall–Kier alpha value is -4.26. The Kier molecular flexibility index (Phi) is 7.40. The van der Waals surface area contributed by atoms with Crippen molar-refractivity contribution in [3.8, 4) is 11.5 Å². The van der Waals surface area contributed by atoms with Gasteiger partial charge >= 0.3 is 0 Å². The van der Waals surface area contributed by atoms with Gasteiger partial charge in [-0.1, -0.05) is 49.6 Å². The summed E-state index contributed by atoms with van der Waals surface area (Å²) in [4.78, 5) is 25.2. The summed E-state index contributed by atoms with van der Waals surface area (Å²) in [6.45, 7) is -0.115. The largest absolute Gasteiger partial charge is 0.494 e. The number of fused-ring (bicyclic) bond motifs is 1. The normalized spacial score (nSPS) is 13.8. The molecular weight excluding hydrogens is 468 g/mol. The van der Waals surface area contributed by atoms with Crippen LogP contribution in [-0.2, 0) is 4.79 Å². The molecule has 1 heterocycles. The van der Waals surface area contributed by atoms with E-state index in [1.165, 1.54) is 44.8 Å². The molecule has 5 rings (SSSR count). The van der Waals surface area contributed by atoms with Gasteiger partial charge in [0.1, 0.15) is 17.1 Å². The van der Waals surface area contributed by atoms with Gasteiger partial charge in [-0.25, -0.2) is 0 Å². The second-order valence-corrected chi connectivity index (χ2v) is 9.26. The zero-order chi connectivity index (χ0) is 25.6. The van der Waals surface area contributed by atoms with Crippen molar-refractivity contribution in [1.82, 2.24) is 0 Å². The topological polar surface area (TPSA) is 89.8 Å². The van der Waals surface area contributed by atoms with Gasteiger partial charge in [0, 0.05) is 17.1 Å². The zero-order valence-corrected chi connectivity index (χ0v) is 20.8. The first-order valence-corrected chi connectivity index (χ1v) is 12.6. The number of ether oxygens (including phenoxy) is 2. The number of hydrogen-bond donors (Lipinski definition) is 2. The molecule has 0 spiro atoms. The monoisotopic (exact) mass is 498 g/mol.